The first-order valence-electron chi connectivity index (χ1n) is 5.67. The Balaban J connectivity index is 3.29. The van der Waals surface area contributed by atoms with Crippen molar-refractivity contribution >= 4 is 5.97 Å². The molecule has 1 N–H and O–H groups in total. The van der Waals surface area contributed by atoms with Crippen molar-refractivity contribution in [1.29, 1.82) is 0 Å². The summed E-state index contributed by atoms with van der Waals surface area (Å²) in [6.45, 7) is 6.59. The van der Waals surface area contributed by atoms with Crippen LogP contribution in [-0.2, 0) is 14.3 Å². The summed E-state index contributed by atoms with van der Waals surface area (Å²) in [5, 5.41) is 3.30. The van der Waals surface area contributed by atoms with Crippen LogP contribution in [0.25, 0.3) is 0 Å². The van der Waals surface area contributed by atoms with Gasteiger partial charge in [0.05, 0.1) is 13.2 Å². The molecular weight excluding hydrogens is 208 g/mol. The monoisotopic (exact) mass is 232 g/mol. The molecule has 0 saturated heterocycles. The summed E-state index contributed by atoms with van der Waals surface area (Å²) >= 11 is 0. The van der Waals surface area contributed by atoms with Crippen LogP contribution in [0.15, 0.2) is 0 Å². The summed E-state index contributed by atoms with van der Waals surface area (Å²) in [5.74, 6) is -0.302. The molecule has 0 aromatic rings. The summed E-state index contributed by atoms with van der Waals surface area (Å²) in [5.41, 5.74) is 0. The van der Waals surface area contributed by atoms with Gasteiger partial charge in [0.2, 0.25) is 0 Å². The van der Waals surface area contributed by atoms with E-state index in [-0.39, 0.29) is 12.6 Å². The van der Waals surface area contributed by atoms with Crippen LogP contribution in [0.5, 0.6) is 0 Å². The molecule has 5 heteroatoms. The molecule has 0 spiro atoms. The molecule has 0 saturated carbocycles. The lowest BCUT2D eigenvalue weighted by atomic mass is 10.3. The average Bonchev–Trinajstić information content (AvgIpc) is 2.16. The van der Waals surface area contributed by atoms with E-state index in [2.05, 4.69) is 17.1 Å². The topological polar surface area (TPSA) is 50.8 Å². The second kappa shape index (κ2) is 9.57. The van der Waals surface area contributed by atoms with Gasteiger partial charge in [-0.05, 0) is 27.9 Å². The standard InChI is InChI=1S/C11H24N2O3/c1-5-16-11(14)9-15-7-6-12-10(2)8-13(3)4/h10,12H,5-9H2,1-4H3. The molecule has 0 radical (unpaired) electrons. The summed E-state index contributed by atoms with van der Waals surface area (Å²) < 4.78 is 9.88. The molecule has 1 unspecified atom stereocenters. The highest BCUT2D eigenvalue weighted by molar-refractivity contribution is 5.70. The van der Waals surface area contributed by atoms with E-state index in [0.29, 0.717) is 19.3 Å². The molecule has 5 nitrogen and oxygen atoms in total. The van der Waals surface area contributed by atoms with Gasteiger partial charge in [-0.25, -0.2) is 4.79 Å². The van der Waals surface area contributed by atoms with Crippen LogP contribution >= 0.6 is 0 Å². The molecule has 0 fully saturated rings. The molecule has 0 amide bonds. The smallest absolute Gasteiger partial charge is 0.332 e. The predicted octanol–water partition coefficient (Wildman–Crippen LogP) is 0.106. The Bertz CT molecular complexity index is 186. The molecule has 0 bridgehead atoms. The first-order valence-corrected chi connectivity index (χ1v) is 5.67. The Labute approximate surface area is 98.1 Å². The van der Waals surface area contributed by atoms with E-state index in [9.17, 15) is 4.79 Å². The lowest BCUT2D eigenvalue weighted by molar-refractivity contribution is -0.148. The number of ether oxygens (including phenoxy) is 2. The van der Waals surface area contributed by atoms with Crippen molar-refractivity contribution < 1.29 is 14.3 Å². The molecular formula is C11H24N2O3. The number of esters is 1. The van der Waals surface area contributed by atoms with E-state index in [0.717, 1.165) is 13.1 Å². The Kier molecular flexibility index (Phi) is 9.18. The zero-order chi connectivity index (χ0) is 12.4. The van der Waals surface area contributed by atoms with Crippen LogP contribution in [0.2, 0.25) is 0 Å². The van der Waals surface area contributed by atoms with E-state index >= 15 is 0 Å². The minimum absolute atomic E-state index is 0.0393. The highest BCUT2D eigenvalue weighted by atomic mass is 16.6. The zero-order valence-corrected chi connectivity index (χ0v) is 10.8. The molecule has 0 rings (SSSR count). The number of nitrogens with zero attached hydrogens (tertiary/aromatic N) is 1. The number of hydrogen-bond donors (Lipinski definition) is 1. The molecule has 0 heterocycles. The Morgan fingerprint density at radius 1 is 1.44 bits per heavy atom. The molecule has 0 aromatic carbocycles. The highest BCUT2D eigenvalue weighted by Crippen LogP contribution is 1.85. The number of carbonyl (C=O) groups excluding carboxylic acids is 1. The van der Waals surface area contributed by atoms with Crippen LogP contribution < -0.4 is 5.32 Å². The van der Waals surface area contributed by atoms with Crippen molar-refractivity contribution in [3.8, 4) is 0 Å². The predicted molar refractivity (Wildman–Crippen MR) is 63.5 cm³/mol. The van der Waals surface area contributed by atoms with Gasteiger partial charge in [0.15, 0.2) is 0 Å². The number of hydrogen-bond acceptors (Lipinski definition) is 5. The maximum Gasteiger partial charge on any atom is 0.332 e. The summed E-state index contributed by atoms with van der Waals surface area (Å²) in [4.78, 5) is 13.0. The number of likely N-dealkylation sites (N-methyl/N-ethyl adjacent to an activating group) is 1. The lowest BCUT2D eigenvalue weighted by Gasteiger charge is -2.18. The minimum atomic E-state index is -0.302. The lowest BCUT2D eigenvalue weighted by Crippen LogP contribution is -2.37. The van der Waals surface area contributed by atoms with Gasteiger partial charge in [0, 0.05) is 19.1 Å². The molecule has 0 aliphatic carbocycles. The molecule has 0 aromatic heterocycles. The van der Waals surface area contributed by atoms with Crippen molar-refractivity contribution in [2.24, 2.45) is 0 Å². The van der Waals surface area contributed by atoms with Gasteiger partial charge >= 0.3 is 5.97 Å². The highest BCUT2D eigenvalue weighted by Gasteiger charge is 2.03. The van der Waals surface area contributed by atoms with Gasteiger partial charge < -0.3 is 19.7 Å². The Hall–Kier alpha value is -0.650. The van der Waals surface area contributed by atoms with Crippen molar-refractivity contribution in [3.63, 3.8) is 0 Å². The number of nitrogens with one attached hydrogen (secondary N) is 1. The third-order valence-electron chi connectivity index (χ3n) is 1.90. The maximum absolute atomic E-state index is 10.9. The SMILES string of the molecule is CCOC(=O)COCCNC(C)CN(C)C. The van der Waals surface area contributed by atoms with Crippen molar-refractivity contribution in [2.45, 2.75) is 19.9 Å². The first kappa shape index (κ1) is 15.3. The molecule has 1 atom stereocenters. The summed E-state index contributed by atoms with van der Waals surface area (Å²) in [6.07, 6.45) is 0. The zero-order valence-electron chi connectivity index (χ0n) is 10.8. The van der Waals surface area contributed by atoms with Crippen LogP contribution in [-0.4, -0.2) is 63.9 Å². The van der Waals surface area contributed by atoms with Crippen molar-refractivity contribution in [1.82, 2.24) is 10.2 Å². The molecule has 96 valence electrons. The summed E-state index contributed by atoms with van der Waals surface area (Å²) in [6, 6.07) is 0.418. The van der Waals surface area contributed by atoms with Gasteiger partial charge in [0.1, 0.15) is 6.61 Å². The van der Waals surface area contributed by atoms with Crippen LogP contribution in [0.4, 0.5) is 0 Å². The Morgan fingerprint density at radius 2 is 2.12 bits per heavy atom. The quantitative estimate of drug-likeness (QED) is 0.451. The fraction of sp³-hybridized carbons (Fsp3) is 0.909. The molecule has 0 aliphatic rings. The van der Waals surface area contributed by atoms with Crippen molar-refractivity contribution in [2.75, 3.05) is 47.0 Å². The normalized spacial score (nSPS) is 12.8. The van der Waals surface area contributed by atoms with E-state index < -0.39 is 0 Å². The first-order chi connectivity index (χ1) is 7.56. The average molecular weight is 232 g/mol. The second-order valence-corrected chi connectivity index (χ2v) is 3.98. The van der Waals surface area contributed by atoms with Crippen LogP contribution in [0, 0.1) is 0 Å². The van der Waals surface area contributed by atoms with E-state index in [1.165, 1.54) is 0 Å². The largest absolute Gasteiger partial charge is 0.464 e. The maximum atomic E-state index is 10.9. The fourth-order valence-electron chi connectivity index (χ4n) is 1.35. The molecule has 0 aliphatic heterocycles. The summed E-state index contributed by atoms with van der Waals surface area (Å²) in [7, 11) is 4.07. The fourth-order valence-corrected chi connectivity index (χ4v) is 1.35. The van der Waals surface area contributed by atoms with E-state index in [1.54, 1.807) is 6.92 Å². The van der Waals surface area contributed by atoms with Gasteiger partial charge in [-0.2, -0.15) is 0 Å². The van der Waals surface area contributed by atoms with E-state index in [1.807, 2.05) is 14.1 Å². The number of rotatable bonds is 9. The number of carbonyl (C=O) groups is 1. The molecule has 16 heavy (non-hydrogen) atoms. The Morgan fingerprint density at radius 3 is 2.69 bits per heavy atom. The van der Waals surface area contributed by atoms with Gasteiger partial charge in [-0.1, -0.05) is 0 Å². The third-order valence-corrected chi connectivity index (χ3v) is 1.90. The van der Waals surface area contributed by atoms with Crippen LogP contribution in [0.3, 0.4) is 0 Å². The second-order valence-electron chi connectivity index (χ2n) is 3.98. The third kappa shape index (κ3) is 9.89. The van der Waals surface area contributed by atoms with Gasteiger partial charge in [0.25, 0.3) is 0 Å². The van der Waals surface area contributed by atoms with E-state index in [4.69, 9.17) is 9.47 Å². The van der Waals surface area contributed by atoms with Gasteiger partial charge in [-0.15, -0.1) is 0 Å². The van der Waals surface area contributed by atoms with Gasteiger partial charge in [-0.3, -0.25) is 0 Å². The van der Waals surface area contributed by atoms with Crippen LogP contribution in [0.1, 0.15) is 13.8 Å². The van der Waals surface area contributed by atoms with Crippen molar-refractivity contribution in [3.05, 3.63) is 0 Å². The minimum Gasteiger partial charge on any atom is -0.464 e.